The van der Waals surface area contributed by atoms with Gasteiger partial charge in [0.25, 0.3) is 10.0 Å². The van der Waals surface area contributed by atoms with Crippen molar-refractivity contribution in [1.82, 2.24) is 0 Å². The highest BCUT2D eigenvalue weighted by molar-refractivity contribution is 8.14. The third-order valence-electron chi connectivity index (χ3n) is 4.43. The molecule has 8 heteroatoms. The van der Waals surface area contributed by atoms with Gasteiger partial charge in [-0.2, -0.15) is 0 Å². The maximum absolute atomic E-state index is 12.5. The number of benzene rings is 2. The molecule has 2 heterocycles. The fourth-order valence-corrected chi connectivity index (χ4v) is 6.07. The molecule has 3 aromatic rings. The average Bonchev–Trinajstić information content (AvgIpc) is 3.19. The van der Waals surface area contributed by atoms with Gasteiger partial charge in [0.2, 0.25) is 0 Å². The number of hydrogen-bond acceptors (Lipinski definition) is 5. The second-order valence-corrected chi connectivity index (χ2v) is 11.1. The van der Waals surface area contributed by atoms with Crippen LogP contribution in [-0.4, -0.2) is 18.8 Å². The minimum Gasteiger partial charge on any atom is -0.335 e. The molecule has 1 aromatic heterocycles. The molecule has 2 aromatic carbocycles. The molecule has 1 unspecified atom stereocenters. The van der Waals surface area contributed by atoms with Crippen molar-refractivity contribution in [3.8, 4) is 0 Å². The number of nitrogens with one attached hydrogen (secondary N) is 2. The van der Waals surface area contributed by atoms with Gasteiger partial charge in [0.15, 0.2) is 5.17 Å². The monoisotopic (exact) mass is 443 g/mol. The smallest absolute Gasteiger partial charge is 0.271 e. The topological polar surface area (TPSA) is 70.6 Å². The Labute approximate surface area is 179 Å². The number of nitrogens with zero attached hydrogens (tertiary/aromatic N) is 1. The number of amidine groups is 1. The highest BCUT2D eigenvalue weighted by atomic mass is 32.2. The van der Waals surface area contributed by atoms with Gasteiger partial charge in [-0.05, 0) is 47.2 Å². The number of rotatable bonds is 5. The summed E-state index contributed by atoms with van der Waals surface area (Å²) in [7, 11) is -3.55. The van der Waals surface area contributed by atoms with Gasteiger partial charge in [-0.1, -0.05) is 55.1 Å². The molecule has 5 nitrogen and oxygen atoms in total. The van der Waals surface area contributed by atoms with Crippen LogP contribution in [0.2, 0.25) is 0 Å². The lowest BCUT2D eigenvalue weighted by Gasteiger charge is -2.12. The predicted molar refractivity (Wildman–Crippen MR) is 124 cm³/mol. The normalized spacial score (nSPS) is 18.0. The molecule has 150 valence electrons. The molecule has 0 bridgehead atoms. The van der Waals surface area contributed by atoms with Crippen LogP contribution < -0.4 is 10.0 Å². The number of thiophene rings is 1. The highest BCUT2D eigenvalue weighted by Crippen LogP contribution is 2.31. The summed E-state index contributed by atoms with van der Waals surface area (Å²) < 4.78 is 28.0. The van der Waals surface area contributed by atoms with E-state index in [1.165, 1.54) is 11.3 Å². The van der Waals surface area contributed by atoms with E-state index in [9.17, 15) is 8.42 Å². The predicted octanol–water partition coefficient (Wildman–Crippen LogP) is 5.19. The number of anilines is 2. The summed E-state index contributed by atoms with van der Waals surface area (Å²) in [4.78, 5) is 4.74. The van der Waals surface area contributed by atoms with Gasteiger partial charge < -0.3 is 5.32 Å². The Kier molecular flexibility index (Phi) is 5.94. The number of sulfonamides is 1. The van der Waals surface area contributed by atoms with E-state index in [0.717, 1.165) is 28.4 Å². The lowest BCUT2D eigenvalue weighted by molar-refractivity contribution is 0.603. The van der Waals surface area contributed by atoms with Crippen molar-refractivity contribution in [2.45, 2.75) is 29.3 Å². The maximum Gasteiger partial charge on any atom is 0.271 e. The molecule has 0 fully saturated rings. The first-order valence-corrected chi connectivity index (χ1v) is 12.5. The molecule has 1 atom stereocenters. The number of thioether (sulfide) groups is 1. The Morgan fingerprint density at radius 3 is 2.72 bits per heavy atom. The van der Waals surface area contributed by atoms with Crippen LogP contribution in [0.15, 0.2) is 75.2 Å². The summed E-state index contributed by atoms with van der Waals surface area (Å²) in [6.07, 6.45) is 0.825. The number of hydrogen-bond donors (Lipinski definition) is 2. The van der Waals surface area contributed by atoms with E-state index in [1.54, 1.807) is 35.3 Å². The Bertz CT molecular complexity index is 1110. The van der Waals surface area contributed by atoms with E-state index in [2.05, 4.69) is 29.1 Å². The van der Waals surface area contributed by atoms with Gasteiger partial charge in [-0.3, -0.25) is 9.71 Å². The van der Waals surface area contributed by atoms with Crippen LogP contribution >= 0.6 is 23.1 Å². The molecule has 29 heavy (non-hydrogen) atoms. The lowest BCUT2D eigenvalue weighted by atomic mass is 10.1. The molecule has 2 N–H and O–H groups in total. The van der Waals surface area contributed by atoms with Crippen LogP contribution in [0.25, 0.3) is 0 Å². The van der Waals surface area contributed by atoms with Gasteiger partial charge in [0.05, 0.1) is 6.54 Å². The third kappa shape index (κ3) is 5.01. The van der Waals surface area contributed by atoms with Crippen molar-refractivity contribution < 1.29 is 8.42 Å². The average molecular weight is 444 g/mol. The summed E-state index contributed by atoms with van der Waals surface area (Å²) in [5, 5.41) is 6.37. The Morgan fingerprint density at radius 2 is 1.97 bits per heavy atom. The zero-order chi connectivity index (χ0) is 20.3. The van der Waals surface area contributed by atoms with Gasteiger partial charge in [-0.25, -0.2) is 8.42 Å². The molecular formula is C21H21N3O2S3. The van der Waals surface area contributed by atoms with E-state index in [-0.39, 0.29) is 0 Å². The van der Waals surface area contributed by atoms with Crippen LogP contribution in [0.1, 0.15) is 18.1 Å². The van der Waals surface area contributed by atoms with Gasteiger partial charge >= 0.3 is 0 Å². The van der Waals surface area contributed by atoms with Crippen molar-refractivity contribution in [2.24, 2.45) is 4.99 Å². The van der Waals surface area contributed by atoms with Crippen molar-refractivity contribution in [2.75, 3.05) is 10.0 Å². The lowest BCUT2D eigenvalue weighted by Crippen LogP contribution is -2.12. The molecule has 4 rings (SSSR count). The maximum atomic E-state index is 12.5. The minimum absolute atomic E-state index is 0.310. The van der Waals surface area contributed by atoms with Crippen molar-refractivity contribution in [3.05, 3.63) is 77.2 Å². The first-order chi connectivity index (χ1) is 14.0. The summed E-state index contributed by atoms with van der Waals surface area (Å²) in [5.74, 6) is 0. The number of fused-ring (bicyclic) bond motifs is 1. The summed E-state index contributed by atoms with van der Waals surface area (Å²) in [6, 6.07) is 19.1. The molecule has 0 aliphatic carbocycles. The first-order valence-electron chi connectivity index (χ1n) is 9.21. The Hall–Kier alpha value is -2.29. The molecule has 0 radical (unpaired) electrons. The van der Waals surface area contributed by atoms with Crippen molar-refractivity contribution in [3.63, 3.8) is 0 Å². The number of aliphatic imine (C=N–C) groups is 1. The molecular weight excluding hydrogens is 422 g/mol. The Morgan fingerprint density at radius 1 is 1.14 bits per heavy atom. The fraction of sp³-hybridized carbons (Fsp3) is 0.190. The van der Waals surface area contributed by atoms with Gasteiger partial charge in [0, 0.05) is 16.6 Å². The quantitative estimate of drug-likeness (QED) is 0.569. The first kappa shape index (κ1) is 20.0. The summed E-state index contributed by atoms with van der Waals surface area (Å²) in [6.45, 7) is 2.78. The largest absolute Gasteiger partial charge is 0.335 e. The van der Waals surface area contributed by atoms with Crippen LogP contribution in [0, 0.1) is 0 Å². The van der Waals surface area contributed by atoms with Crippen molar-refractivity contribution in [1.29, 1.82) is 0 Å². The summed E-state index contributed by atoms with van der Waals surface area (Å²) in [5.41, 5.74) is 3.77. The van der Waals surface area contributed by atoms with Gasteiger partial charge in [0.1, 0.15) is 4.21 Å². The summed E-state index contributed by atoms with van der Waals surface area (Å²) >= 11 is 2.91. The Balaban J connectivity index is 1.54. The minimum atomic E-state index is -3.55. The zero-order valence-electron chi connectivity index (χ0n) is 15.8. The SMILES string of the molecule is CC1Cc2cc(NS(=O)(=O)c3cccs3)ccc2NC(=NCc2ccccc2)S1. The van der Waals surface area contributed by atoms with E-state index in [4.69, 9.17) is 4.99 Å². The molecule has 0 amide bonds. The van der Waals surface area contributed by atoms with E-state index in [1.807, 2.05) is 30.3 Å². The van der Waals surface area contributed by atoms with Crippen LogP contribution in [-0.2, 0) is 23.0 Å². The molecule has 1 aliphatic heterocycles. The molecule has 0 saturated carbocycles. The molecule has 0 saturated heterocycles. The standard InChI is InChI=1S/C21H21N3O2S3/c1-15-12-17-13-18(24-29(25,26)20-8-5-11-27-20)9-10-19(17)23-21(28-15)22-14-16-6-3-2-4-7-16/h2-11,13,15,24H,12,14H2,1H3,(H,22,23). The van der Waals surface area contributed by atoms with Crippen LogP contribution in [0.5, 0.6) is 0 Å². The fourth-order valence-electron chi connectivity index (χ4n) is 3.08. The zero-order valence-corrected chi connectivity index (χ0v) is 18.3. The second-order valence-electron chi connectivity index (χ2n) is 6.77. The van der Waals surface area contributed by atoms with Gasteiger partial charge in [-0.15, -0.1) is 11.3 Å². The second kappa shape index (κ2) is 8.61. The van der Waals surface area contributed by atoms with Crippen LogP contribution in [0.4, 0.5) is 11.4 Å². The highest BCUT2D eigenvalue weighted by Gasteiger charge is 2.20. The van der Waals surface area contributed by atoms with Crippen molar-refractivity contribution >= 4 is 49.7 Å². The van der Waals surface area contributed by atoms with Crippen LogP contribution in [0.3, 0.4) is 0 Å². The third-order valence-corrected chi connectivity index (χ3v) is 8.23. The molecule has 1 aliphatic rings. The van der Waals surface area contributed by atoms with E-state index >= 15 is 0 Å². The molecule has 0 spiro atoms. The van der Waals surface area contributed by atoms with E-state index < -0.39 is 10.0 Å². The van der Waals surface area contributed by atoms with E-state index in [0.29, 0.717) is 21.7 Å².